The fourth-order valence-corrected chi connectivity index (χ4v) is 1.42. The predicted octanol–water partition coefficient (Wildman–Crippen LogP) is 2.47. The number of ether oxygens (including phenoxy) is 1. The Morgan fingerprint density at radius 1 is 1.38 bits per heavy atom. The number of methoxy groups -OCH3 is 1. The molecule has 0 fully saturated rings. The van der Waals surface area contributed by atoms with Crippen LogP contribution in [-0.4, -0.2) is 18.4 Å². The van der Waals surface area contributed by atoms with Gasteiger partial charge >= 0.3 is 0 Å². The topological polar surface area (TPSA) is 52.3 Å². The predicted molar refractivity (Wildman–Crippen MR) is 58.6 cm³/mol. The molecule has 0 spiro atoms. The first-order valence-electron chi connectivity index (χ1n) is 4.79. The van der Waals surface area contributed by atoms with Crippen molar-refractivity contribution in [1.82, 2.24) is 4.98 Å². The second-order valence-electron chi connectivity index (χ2n) is 3.35. The maximum absolute atomic E-state index is 10.7. The van der Waals surface area contributed by atoms with Crippen LogP contribution in [0.25, 0.3) is 11.3 Å². The number of carbonyl (C=O) groups is 1. The summed E-state index contributed by atoms with van der Waals surface area (Å²) in [6, 6.07) is 3.50. The minimum Gasteiger partial charge on any atom is -0.495 e. The largest absolute Gasteiger partial charge is 0.495 e. The molecule has 0 aliphatic carbocycles. The molecule has 2 aromatic heterocycles. The molecule has 0 saturated carbocycles. The summed E-state index contributed by atoms with van der Waals surface area (Å²) in [6.07, 6.45) is 4.05. The molecule has 0 aliphatic rings. The molecular formula is C12H11NO3. The van der Waals surface area contributed by atoms with Gasteiger partial charge in [-0.05, 0) is 19.1 Å². The van der Waals surface area contributed by atoms with Crippen molar-refractivity contribution in [2.24, 2.45) is 0 Å². The summed E-state index contributed by atoms with van der Waals surface area (Å²) in [5.41, 5.74) is 1.34. The lowest BCUT2D eigenvalue weighted by Gasteiger charge is -2.00. The van der Waals surface area contributed by atoms with Gasteiger partial charge in [0.2, 0.25) is 0 Å². The van der Waals surface area contributed by atoms with Gasteiger partial charge in [-0.25, -0.2) is 0 Å². The van der Waals surface area contributed by atoms with Crippen LogP contribution in [0.4, 0.5) is 0 Å². The quantitative estimate of drug-likeness (QED) is 0.741. The highest BCUT2D eigenvalue weighted by atomic mass is 16.5. The summed E-state index contributed by atoms with van der Waals surface area (Å²) in [7, 11) is 1.57. The van der Waals surface area contributed by atoms with Crippen LogP contribution < -0.4 is 4.74 Å². The van der Waals surface area contributed by atoms with Crippen LogP contribution in [0.1, 0.15) is 16.1 Å². The first kappa shape index (κ1) is 10.4. The molecule has 0 aromatic carbocycles. The number of furan rings is 1. The van der Waals surface area contributed by atoms with E-state index in [0.717, 1.165) is 11.8 Å². The van der Waals surface area contributed by atoms with Gasteiger partial charge in [-0.2, -0.15) is 0 Å². The molecule has 82 valence electrons. The van der Waals surface area contributed by atoms with Crippen LogP contribution in [0.2, 0.25) is 0 Å². The Bertz CT molecular complexity index is 517. The third-order valence-corrected chi connectivity index (χ3v) is 2.32. The van der Waals surface area contributed by atoms with E-state index in [-0.39, 0.29) is 0 Å². The molecule has 4 nitrogen and oxygen atoms in total. The van der Waals surface area contributed by atoms with E-state index >= 15 is 0 Å². The zero-order valence-corrected chi connectivity index (χ0v) is 9.06. The summed E-state index contributed by atoms with van der Waals surface area (Å²) < 4.78 is 10.5. The van der Waals surface area contributed by atoms with Crippen LogP contribution in [-0.2, 0) is 0 Å². The number of hydrogen-bond donors (Lipinski definition) is 0. The zero-order valence-electron chi connectivity index (χ0n) is 9.06. The molecule has 0 atom stereocenters. The maximum atomic E-state index is 10.7. The lowest BCUT2D eigenvalue weighted by atomic mass is 10.2. The average molecular weight is 217 g/mol. The first-order chi connectivity index (χ1) is 7.74. The fraction of sp³-hybridized carbons (Fsp3) is 0.167. The van der Waals surface area contributed by atoms with Gasteiger partial charge in [-0.3, -0.25) is 9.78 Å². The smallest absolute Gasteiger partial charge is 0.153 e. The normalized spacial score (nSPS) is 10.1. The molecule has 0 N–H and O–H groups in total. The minimum atomic E-state index is 0.554. The van der Waals surface area contributed by atoms with E-state index in [2.05, 4.69) is 4.98 Å². The van der Waals surface area contributed by atoms with E-state index in [1.165, 1.54) is 0 Å². The number of aromatic nitrogens is 1. The van der Waals surface area contributed by atoms with Crippen molar-refractivity contribution in [2.45, 2.75) is 6.92 Å². The molecule has 2 heterocycles. The first-order valence-corrected chi connectivity index (χ1v) is 4.79. The Balaban J connectivity index is 2.45. The Labute approximate surface area is 92.9 Å². The second-order valence-corrected chi connectivity index (χ2v) is 3.35. The van der Waals surface area contributed by atoms with Crippen molar-refractivity contribution in [3.05, 3.63) is 35.9 Å². The van der Waals surface area contributed by atoms with Gasteiger partial charge in [0.25, 0.3) is 0 Å². The third-order valence-electron chi connectivity index (χ3n) is 2.32. The van der Waals surface area contributed by atoms with Crippen LogP contribution in [0, 0.1) is 6.92 Å². The number of nitrogens with zero attached hydrogens (tertiary/aromatic N) is 1. The summed E-state index contributed by atoms with van der Waals surface area (Å²) in [4.78, 5) is 14.7. The van der Waals surface area contributed by atoms with Gasteiger partial charge in [0.15, 0.2) is 6.29 Å². The molecule has 16 heavy (non-hydrogen) atoms. The molecule has 0 radical (unpaired) electrons. The van der Waals surface area contributed by atoms with E-state index in [0.29, 0.717) is 22.8 Å². The van der Waals surface area contributed by atoms with Crippen LogP contribution >= 0.6 is 0 Å². The number of rotatable bonds is 3. The minimum absolute atomic E-state index is 0.554. The highest BCUT2D eigenvalue weighted by Crippen LogP contribution is 2.26. The lowest BCUT2D eigenvalue weighted by molar-refractivity contribution is 0.112. The maximum Gasteiger partial charge on any atom is 0.153 e. The molecule has 0 bridgehead atoms. The van der Waals surface area contributed by atoms with Crippen molar-refractivity contribution in [2.75, 3.05) is 7.11 Å². The van der Waals surface area contributed by atoms with E-state index < -0.39 is 0 Å². The Morgan fingerprint density at radius 3 is 2.81 bits per heavy atom. The number of aryl methyl sites for hydroxylation is 1. The third kappa shape index (κ3) is 1.82. The molecule has 0 aliphatic heterocycles. The standard InChI is InChI=1S/C12H11NO3/c1-8-10(7-14)4-12(16-8)9-3-11(15-2)6-13-5-9/h3-7H,1-2H3. The monoisotopic (exact) mass is 217 g/mol. The summed E-state index contributed by atoms with van der Waals surface area (Å²) in [6.45, 7) is 1.75. The van der Waals surface area contributed by atoms with Gasteiger partial charge in [0.05, 0.1) is 18.9 Å². The van der Waals surface area contributed by atoms with Gasteiger partial charge in [-0.1, -0.05) is 0 Å². The molecule has 2 rings (SSSR count). The van der Waals surface area contributed by atoms with Crippen LogP contribution in [0.3, 0.4) is 0 Å². The number of hydrogen-bond acceptors (Lipinski definition) is 4. The van der Waals surface area contributed by atoms with Crippen molar-refractivity contribution in [3.8, 4) is 17.1 Å². The summed E-state index contributed by atoms with van der Waals surface area (Å²) >= 11 is 0. The zero-order chi connectivity index (χ0) is 11.5. The van der Waals surface area contributed by atoms with Crippen LogP contribution in [0.15, 0.2) is 28.9 Å². The molecule has 0 saturated heterocycles. The van der Waals surface area contributed by atoms with Gasteiger partial charge in [0.1, 0.15) is 17.3 Å². The average Bonchev–Trinajstić information content (AvgIpc) is 2.71. The second kappa shape index (κ2) is 4.18. The van der Waals surface area contributed by atoms with Gasteiger partial charge in [-0.15, -0.1) is 0 Å². The SMILES string of the molecule is COc1cncc(-c2cc(C=O)c(C)o2)c1. The van der Waals surface area contributed by atoms with Crippen molar-refractivity contribution >= 4 is 6.29 Å². The number of pyridine rings is 1. The van der Waals surface area contributed by atoms with Crippen LogP contribution in [0.5, 0.6) is 5.75 Å². The molecule has 0 unspecified atom stereocenters. The van der Waals surface area contributed by atoms with Crippen molar-refractivity contribution < 1.29 is 13.9 Å². The number of aldehydes is 1. The van der Waals surface area contributed by atoms with E-state index in [1.54, 1.807) is 38.6 Å². The summed E-state index contributed by atoms with van der Waals surface area (Å²) in [5.74, 6) is 1.87. The molecule has 2 aromatic rings. The summed E-state index contributed by atoms with van der Waals surface area (Å²) in [5, 5.41) is 0. The Hall–Kier alpha value is -2.10. The van der Waals surface area contributed by atoms with E-state index in [9.17, 15) is 4.79 Å². The highest BCUT2D eigenvalue weighted by molar-refractivity contribution is 5.79. The van der Waals surface area contributed by atoms with Crippen molar-refractivity contribution in [3.63, 3.8) is 0 Å². The molecular weight excluding hydrogens is 206 g/mol. The van der Waals surface area contributed by atoms with Gasteiger partial charge < -0.3 is 9.15 Å². The van der Waals surface area contributed by atoms with Gasteiger partial charge in [0, 0.05) is 11.8 Å². The number of carbonyl (C=O) groups excluding carboxylic acids is 1. The Morgan fingerprint density at radius 2 is 2.19 bits per heavy atom. The molecule has 0 amide bonds. The molecule has 4 heteroatoms. The van der Waals surface area contributed by atoms with E-state index in [4.69, 9.17) is 9.15 Å². The Kier molecular flexibility index (Phi) is 2.72. The van der Waals surface area contributed by atoms with Crippen molar-refractivity contribution in [1.29, 1.82) is 0 Å². The fourth-order valence-electron chi connectivity index (χ4n) is 1.42. The van der Waals surface area contributed by atoms with E-state index in [1.807, 2.05) is 0 Å². The lowest BCUT2D eigenvalue weighted by Crippen LogP contribution is -1.85. The highest BCUT2D eigenvalue weighted by Gasteiger charge is 2.09.